The fourth-order valence-corrected chi connectivity index (χ4v) is 1.53. The number of rotatable bonds is 2. The fraction of sp³-hybridized carbons (Fsp3) is 0.167. The summed E-state index contributed by atoms with van der Waals surface area (Å²) in [4.78, 5) is 10.8. The Bertz CT molecular complexity index is 325. The zero-order valence-electron chi connectivity index (χ0n) is 7.59. The summed E-state index contributed by atoms with van der Waals surface area (Å²) in [5.41, 5.74) is -0.0540. The van der Waals surface area contributed by atoms with Gasteiger partial charge in [-0.05, 0) is 0 Å². The van der Waals surface area contributed by atoms with Gasteiger partial charge < -0.3 is 17.7 Å². The van der Waals surface area contributed by atoms with E-state index in [9.17, 15) is 17.7 Å². The monoisotopic (exact) mass is 248 g/mol. The number of thiophene rings is 1. The van der Waals surface area contributed by atoms with Crippen LogP contribution in [0.3, 0.4) is 0 Å². The first-order valence-electron chi connectivity index (χ1n) is 3.32. The molecule has 72 valence electrons. The van der Waals surface area contributed by atoms with Gasteiger partial charge in [-0.1, -0.05) is 10.8 Å². The largest absolute Gasteiger partial charge is 1.00 e. The Morgan fingerprint density at radius 2 is 2.07 bits per heavy atom. The molecule has 0 bridgehead atoms. The number of ether oxygens (including phenoxy) is 1. The van der Waals surface area contributed by atoms with Crippen LogP contribution in [0.25, 0.3) is 0 Å². The van der Waals surface area contributed by atoms with Crippen molar-refractivity contribution in [3.05, 3.63) is 17.0 Å². The standard InChI is InChI=1S/C6H5BF3O2S.K/c1-12-6(11)4-2-5(13-3-4)7(8,9)10;/h2-3H,1H3;/q-1;+1. The van der Waals surface area contributed by atoms with Crippen molar-refractivity contribution >= 4 is 29.1 Å². The van der Waals surface area contributed by atoms with Crippen LogP contribution < -0.4 is 56.2 Å². The van der Waals surface area contributed by atoms with Crippen LogP contribution in [-0.4, -0.2) is 20.1 Å². The van der Waals surface area contributed by atoms with Crippen molar-refractivity contribution < 1.29 is 73.9 Å². The Kier molecular flexibility index (Phi) is 5.93. The Hall–Kier alpha value is 0.661. The van der Waals surface area contributed by atoms with Crippen molar-refractivity contribution in [2.45, 2.75) is 0 Å². The zero-order valence-corrected chi connectivity index (χ0v) is 11.5. The first kappa shape index (κ1) is 14.7. The van der Waals surface area contributed by atoms with E-state index in [0.29, 0.717) is 11.3 Å². The van der Waals surface area contributed by atoms with Gasteiger partial charge in [-0.25, -0.2) is 4.79 Å². The summed E-state index contributed by atoms with van der Waals surface area (Å²) in [6.45, 7) is -5.01. The van der Waals surface area contributed by atoms with Crippen LogP contribution in [0.5, 0.6) is 0 Å². The molecule has 1 aromatic heterocycles. The zero-order chi connectivity index (χ0) is 10.1. The summed E-state index contributed by atoms with van der Waals surface area (Å²) in [5.74, 6) is -0.748. The molecule has 0 fully saturated rings. The van der Waals surface area contributed by atoms with E-state index in [2.05, 4.69) is 4.74 Å². The van der Waals surface area contributed by atoms with E-state index in [1.54, 1.807) is 0 Å². The van der Waals surface area contributed by atoms with Crippen LogP contribution in [0.4, 0.5) is 12.9 Å². The molecule has 0 unspecified atom stereocenters. The van der Waals surface area contributed by atoms with Crippen molar-refractivity contribution in [1.29, 1.82) is 0 Å². The van der Waals surface area contributed by atoms with Crippen LogP contribution in [0.2, 0.25) is 0 Å². The summed E-state index contributed by atoms with van der Waals surface area (Å²) in [6.07, 6.45) is 0. The number of carbonyl (C=O) groups is 1. The van der Waals surface area contributed by atoms with Gasteiger partial charge in [-0.2, -0.15) is 11.3 Å². The van der Waals surface area contributed by atoms with E-state index in [1.807, 2.05) is 0 Å². The Morgan fingerprint density at radius 1 is 1.50 bits per heavy atom. The molecule has 0 saturated heterocycles. The molecule has 0 amide bonds. The number of esters is 1. The molecule has 0 N–H and O–H groups in total. The van der Waals surface area contributed by atoms with Gasteiger partial charge in [0, 0.05) is 5.38 Å². The number of methoxy groups -OCH3 is 1. The van der Waals surface area contributed by atoms with Crippen molar-refractivity contribution in [2.75, 3.05) is 7.11 Å². The molecular weight excluding hydrogens is 243 g/mol. The average molecular weight is 248 g/mol. The summed E-state index contributed by atoms with van der Waals surface area (Å²) < 4.78 is 39.8. The average Bonchev–Trinajstić information content (AvgIpc) is 2.50. The molecule has 0 spiro atoms. The Labute approximate surface area is 125 Å². The quantitative estimate of drug-likeness (QED) is 0.475. The summed E-state index contributed by atoms with van der Waals surface area (Å²) >= 11 is 0.502. The van der Waals surface area contributed by atoms with Gasteiger partial charge in [-0.15, -0.1) is 0 Å². The molecule has 8 heteroatoms. The minimum atomic E-state index is -5.01. The van der Waals surface area contributed by atoms with E-state index in [1.165, 1.54) is 0 Å². The van der Waals surface area contributed by atoms with E-state index in [0.717, 1.165) is 18.6 Å². The molecule has 14 heavy (non-hydrogen) atoms. The second-order valence-corrected chi connectivity index (χ2v) is 3.25. The Balaban J connectivity index is 0.00000169. The minimum Gasteiger partial charge on any atom is -0.465 e. The van der Waals surface area contributed by atoms with Crippen molar-refractivity contribution in [3.63, 3.8) is 0 Å². The van der Waals surface area contributed by atoms with Gasteiger partial charge in [0.05, 0.1) is 12.7 Å². The minimum absolute atomic E-state index is 0. The molecule has 0 aliphatic carbocycles. The second kappa shape index (κ2) is 5.67. The SMILES string of the molecule is COC(=O)c1csc([B-](F)(F)F)c1.[K+]. The Morgan fingerprint density at radius 3 is 2.43 bits per heavy atom. The van der Waals surface area contributed by atoms with Crippen LogP contribution in [0.15, 0.2) is 11.4 Å². The third-order valence-corrected chi connectivity index (χ3v) is 2.39. The number of hydrogen-bond acceptors (Lipinski definition) is 3. The maximum atomic E-state index is 12.1. The topological polar surface area (TPSA) is 26.3 Å². The van der Waals surface area contributed by atoms with Gasteiger partial charge in [0.15, 0.2) is 0 Å². The smallest absolute Gasteiger partial charge is 0.465 e. The molecule has 1 aromatic rings. The van der Waals surface area contributed by atoms with E-state index in [-0.39, 0.29) is 56.9 Å². The third kappa shape index (κ3) is 3.67. The van der Waals surface area contributed by atoms with Crippen LogP contribution in [-0.2, 0) is 4.74 Å². The number of hydrogen-bond donors (Lipinski definition) is 0. The molecule has 0 radical (unpaired) electrons. The normalized spacial score (nSPS) is 10.6. The summed E-state index contributed by atoms with van der Waals surface area (Å²) in [7, 11) is 1.12. The summed E-state index contributed by atoms with van der Waals surface area (Å²) in [5, 5.41) is 1.14. The van der Waals surface area contributed by atoms with E-state index in [4.69, 9.17) is 0 Å². The van der Waals surface area contributed by atoms with Crippen molar-refractivity contribution in [3.8, 4) is 0 Å². The van der Waals surface area contributed by atoms with Crippen molar-refractivity contribution in [1.82, 2.24) is 0 Å². The molecule has 0 aliphatic heterocycles. The molecule has 1 rings (SSSR count). The van der Waals surface area contributed by atoms with Gasteiger partial charge in [0.1, 0.15) is 0 Å². The molecule has 2 nitrogen and oxygen atoms in total. The van der Waals surface area contributed by atoms with Gasteiger partial charge in [-0.3, -0.25) is 0 Å². The maximum absolute atomic E-state index is 12.1. The maximum Gasteiger partial charge on any atom is 1.00 e. The molecule has 1 heterocycles. The molecule has 0 aliphatic rings. The molecule has 0 atom stereocenters. The summed E-state index contributed by atoms with van der Waals surface area (Å²) in [6, 6.07) is 0.802. The predicted molar refractivity (Wildman–Crippen MR) is 44.4 cm³/mol. The number of carbonyl (C=O) groups excluding carboxylic acids is 1. The fourth-order valence-electron chi connectivity index (χ4n) is 0.749. The van der Waals surface area contributed by atoms with E-state index < -0.39 is 17.7 Å². The van der Waals surface area contributed by atoms with Gasteiger partial charge >= 0.3 is 64.3 Å². The van der Waals surface area contributed by atoms with Gasteiger partial charge in [0.25, 0.3) is 0 Å². The first-order valence-corrected chi connectivity index (χ1v) is 4.20. The number of halogens is 3. The van der Waals surface area contributed by atoms with Crippen LogP contribution in [0.1, 0.15) is 10.4 Å². The van der Waals surface area contributed by atoms with Gasteiger partial charge in [0.2, 0.25) is 0 Å². The van der Waals surface area contributed by atoms with E-state index >= 15 is 0 Å². The first-order chi connectivity index (χ1) is 5.95. The molecule has 0 aromatic carbocycles. The predicted octanol–water partition coefficient (Wildman–Crippen LogP) is -1.41. The third-order valence-electron chi connectivity index (χ3n) is 1.36. The van der Waals surface area contributed by atoms with Crippen molar-refractivity contribution in [2.24, 2.45) is 0 Å². The second-order valence-electron chi connectivity index (χ2n) is 2.30. The molecular formula is C6H5BF3KO2S. The molecule has 0 saturated carbocycles. The van der Waals surface area contributed by atoms with Crippen LogP contribution in [0, 0.1) is 0 Å². The van der Waals surface area contributed by atoms with Crippen LogP contribution >= 0.6 is 11.3 Å².